The minimum atomic E-state index is -0.854. The Labute approximate surface area is 143 Å². The Hall–Kier alpha value is -2.58. The van der Waals surface area contributed by atoms with Crippen LogP contribution in [-0.4, -0.2) is 5.11 Å². The van der Waals surface area contributed by atoms with E-state index in [4.69, 9.17) is 0 Å². The summed E-state index contributed by atoms with van der Waals surface area (Å²) in [5.41, 5.74) is 3.45. The van der Waals surface area contributed by atoms with Crippen LogP contribution in [0.25, 0.3) is 0 Å². The maximum atomic E-state index is 10.3. The van der Waals surface area contributed by atoms with E-state index in [0.717, 1.165) is 11.3 Å². The average Bonchev–Trinajstić information content (AvgIpc) is 2.61. The first-order chi connectivity index (χ1) is 11.5. The molecule has 122 valence electrons. The maximum absolute atomic E-state index is 10.3. The Morgan fingerprint density at radius 3 is 1.79 bits per heavy atom. The third kappa shape index (κ3) is 3.84. The Morgan fingerprint density at radius 2 is 1.29 bits per heavy atom. The minimum Gasteiger partial charge on any atom is -0.386 e. The number of rotatable bonds is 5. The van der Waals surface area contributed by atoms with E-state index in [-0.39, 0.29) is 6.04 Å². The highest BCUT2D eigenvalue weighted by Crippen LogP contribution is 2.29. The van der Waals surface area contributed by atoms with Gasteiger partial charge in [-0.15, -0.1) is 0 Å². The fourth-order valence-corrected chi connectivity index (χ4v) is 2.81. The van der Waals surface area contributed by atoms with Crippen LogP contribution in [0.2, 0.25) is 0 Å². The Bertz CT molecular complexity index is 736. The summed E-state index contributed by atoms with van der Waals surface area (Å²) in [6, 6.07) is 28.8. The second-order valence-electron chi connectivity index (χ2n) is 6.54. The van der Waals surface area contributed by atoms with Crippen LogP contribution in [0.3, 0.4) is 0 Å². The average molecular weight is 317 g/mol. The van der Waals surface area contributed by atoms with Gasteiger partial charge in [0.25, 0.3) is 0 Å². The quantitative estimate of drug-likeness (QED) is 0.685. The molecule has 0 amide bonds. The summed E-state index contributed by atoms with van der Waals surface area (Å²) in [7, 11) is 0. The molecule has 3 aromatic rings. The van der Waals surface area contributed by atoms with Gasteiger partial charge in [-0.1, -0.05) is 72.8 Å². The first kappa shape index (κ1) is 16.3. The number of aliphatic hydroxyl groups is 1. The number of hydrogen-bond donors (Lipinski definition) is 2. The lowest BCUT2D eigenvalue weighted by Crippen LogP contribution is -2.17. The smallest absolute Gasteiger partial charge is 0.0841 e. The van der Waals surface area contributed by atoms with Crippen molar-refractivity contribution in [2.75, 3.05) is 5.32 Å². The summed E-state index contributed by atoms with van der Waals surface area (Å²) in [4.78, 5) is 0. The van der Waals surface area contributed by atoms with Crippen molar-refractivity contribution in [3.05, 3.63) is 102 Å². The van der Waals surface area contributed by atoms with E-state index in [1.54, 1.807) is 13.8 Å². The van der Waals surface area contributed by atoms with E-state index in [0.29, 0.717) is 0 Å². The fraction of sp³-hybridized carbons (Fsp3) is 0.182. The molecule has 2 nitrogen and oxygen atoms in total. The predicted molar refractivity (Wildman–Crippen MR) is 100 cm³/mol. The standard InChI is InChI=1S/C22H23NO/c1-22(2,24)19-14-9-15-20(16-19)23-21(17-10-5-3-6-11-17)18-12-7-4-8-13-18/h3-16,21,23-24H,1-2H3. The molecule has 0 aliphatic heterocycles. The van der Waals surface area contributed by atoms with Crippen LogP contribution < -0.4 is 5.32 Å². The van der Waals surface area contributed by atoms with E-state index < -0.39 is 5.60 Å². The van der Waals surface area contributed by atoms with Gasteiger partial charge in [-0.05, 0) is 42.7 Å². The van der Waals surface area contributed by atoms with Gasteiger partial charge in [-0.3, -0.25) is 0 Å². The highest BCUT2D eigenvalue weighted by molar-refractivity contribution is 5.51. The molecule has 2 N–H and O–H groups in total. The topological polar surface area (TPSA) is 32.3 Å². The molecule has 0 heterocycles. The number of anilines is 1. The lowest BCUT2D eigenvalue weighted by Gasteiger charge is -2.23. The van der Waals surface area contributed by atoms with E-state index in [2.05, 4.69) is 53.8 Å². The van der Waals surface area contributed by atoms with Crippen molar-refractivity contribution in [2.24, 2.45) is 0 Å². The normalized spacial score (nSPS) is 11.5. The summed E-state index contributed by atoms with van der Waals surface area (Å²) in [6.45, 7) is 3.61. The van der Waals surface area contributed by atoms with E-state index in [1.165, 1.54) is 11.1 Å². The zero-order valence-corrected chi connectivity index (χ0v) is 14.1. The maximum Gasteiger partial charge on any atom is 0.0841 e. The molecule has 0 spiro atoms. The number of benzene rings is 3. The monoisotopic (exact) mass is 317 g/mol. The summed E-state index contributed by atoms with van der Waals surface area (Å²) in [5.74, 6) is 0. The Balaban J connectivity index is 1.96. The molecule has 3 rings (SSSR count). The Kier molecular flexibility index (Phi) is 4.68. The summed E-state index contributed by atoms with van der Waals surface area (Å²) < 4.78 is 0. The molecule has 3 aromatic carbocycles. The molecule has 0 aromatic heterocycles. The molecule has 0 unspecified atom stereocenters. The van der Waals surface area contributed by atoms with Gasteiger partial charge in [0.15, 0.2) is 0 Å². The van der Waals surface area contributed by atoms with Crippen molar-refractivity contribution in [1.29, 1.82) is 0 Å². The number of nitrogens with one attached hydrogen (secondary N) is 1. The molecule has 0 saturated heterocycles. The van der Waals surface area contributed by atoms with Gasteiger partial charge >= 0.3 is 0 Å². The zero-order valence-electron chi connectivity index (χ0n) is 14.1. The lowest BCUT2D eigenvalue weighted by molar-refractivity contribution is 0.0786. The summed E-state index contributed by atoms with van der Waals surface area (Å²) in [5, 5.41) is 13.9. The highest BCUT2D eigenvalue weighted by Gasteiger charge is 2.18. The van der Waals surface area contributed by atoms with E-state index in [9.17, 15) is 5.11 Å². The SMILES string of the molecule is CC(C)(O)c1cccc(NC(c2ccccc2)c2ccccc2)c1. The highest BCUT2D eigenvalue weighted by atomic mass is 16.3. The van der Waals surface area contributed by atoms with Gasteiger partial charge in [0.05, 0.1) is 11.6 Å². The van der Waals surface area contributed by atoms with Crippen LogP contribution in [0, 0.1) is 0 Å². The first-order valence-corrected chi connectivity index (χ1v) is 8.23. The van der Waals surface area contributed by atoms with E-state index >= 15 is 0 Å². The molecule has 24 heavy (non-hydrogen) atoms. The van der Waals surface area contributed by atoms with Crippen molar-refractivity contribution >= 4 is 5.69 Å². The Morgan fingerprint density at radius 1 is 0.750 bits per heavy atom. The molecule has 0 atom stereocenters. The number of hydrogen-bond acceptors (Lipinski definition) is 2. The largest absolute Gasteiger partial charge is 0.386 e. The van der Waals surface area contributed by atoms with Crippen molar-refractivity contribution in [2.45, 2.75) is 25.5 Å². The van der Waals surface area contributed by atoms with Gasteiger partial charge in [0.2, 0.25) is 0 Å². The van der Waals surface area contributed by atoms with Crippen molar-refractivity contribution < 1.29 is 5.11 Å². The van der Waals surface area contributed by atoms with Gasteiger partial charge in [0.1, 0.15) is 0 Å². The zero-order chi connectivity index (χ0) is 17.0. The summed E-state index contributed by atoms with van der Waals surface area (Å²) >= 11 is 0. The first-order valence-electron chi connectivity index (χ1n) is 8.23. The second-order valence-corrected chi connectivity index (χ2v) is 6.54. The van der Waals surface area contributed by atoms with Gasteiger partial charge < -0.3 is 10.4 Å². The fourth-order valence-electron chi connectivity index (χ4n) is 2.81. The second kappa shape index (κ2) is 6.90. The van der Waals surface area contributed by atoms with Gasteiger partial charge in [-0.25, -0.2) is 0 Å². The molecule has 0 radical (unpaired) electrons. The molecular weight excluding hydrogens is 294 g/mol. The molecule has 0 bridgehead atoms. The van der Waals surface area contributed by atoms with Crippen LogP contribution >= 0.6 is 0 Å². The third-order valence-electron chi connectivity index (χ3n) is 4.15. The van der Waals surface area contributed by atoms with Crippen LogP contribution in [0.5, 0.6) is 0 Å². The van der Waals surface area contributed by atoms with Crippen LogP contribution in [0.4, 0.5) is 5.69 Å². The van der Waals surface area contributed by atoms with Gasteiger partial charge in [-0.2, -0.15) is 0 Å². The molecule has 0 aliphatic rings. The van der Waals surface area contributed by atoms with Gasteiger partial charge in [0, 0.05) is 5.69 Å². The predicted octanol–water partition coefficient (Wildman–Crippen LogP) is 5.12. The molecular formula is C22H23NO. The van der Waals surface area contributed by atoms with E-state index in [1.807, 2.05) is 36.4 Å². The van der Waals surface area contributed by atoms with Crippen molar-refractivity contribution in [3.8, 4) is 0 Å². The van der Waals surface area contributed by atoms with Crippen LogP contribution in [0.15, 0.2) is 84.9 Å². The van der Waals surface area contributed by atoms with Crippen molar-refractivity contribution in [3.63, 3.8) is 0 Å². The molecule has 0 saturated carbocycles. The molecule has 0 fully saturated rings. The van der Waals surface area contributed by atoms with Crippen LogP contribution in [0.1, 0.15) is 36.6 Å². The molecule has 0 aliphatic carbocycles. The van der Waals surface area contributed by atoms with Crippen LogP contribution in [-0.2, 0) is 5.60 Å². The minimum absolute atomic E-state index is 0.0597. The lowest BCUT2D eigenvalue weighted by atomic mass is 9.96. The third-order valence-corrected chi connectivity index (χ3v) is 4.15. The summed E-state index contributed by atoms with van der Waals surface area (Å²) in [6.07, 6.45) is 0. The van der Waals surface area contributed by atoms with Crippen molar-refractivity contribution in [1.82, 2.24) is 0 Å². The molecule has 2 heteroatoms.